The number of fused-ring (bicyclic) bond motifs is 1. The normalized spacial score (nSPS) is 14.7. The van der Waals surface area contributed by atoms with Gasteiger partial charge >= 0.3 is 0 Å². The van der Waals surface area contributed by atoms with Crippen molar-refractivity contribution in [3.63, 3.8) is 0 Å². The van der Waals surface area contributed by atoms with E-state index in [9.17, 15) is 9.18 Å². The largest absolute Gasteiger partial charge is 0.333 e. The third-order valence-corrected chi connectivity index (χ3v) is 5.35. The van der Waals surface area contributed by atoms with Crippen molar-refractivity contribution in [1.29, 1.82) is 0 Å². The van der Waals surface area contributed by atoms with E-state index in [2.05, 4.69) is 25.5 Å². The lowest BCUT2D eigenvalue weighted by Crippen LogP contribution is -2.28. The lowest BCUT2D eigenvalue weighted by atomic mass is 9.94. The van der Waals surface area contributed by atoms with Crippen molar-refractivity contribution in [3.8, 4) is 22.8 Å². The summed E-state index contributed by atoms with van der Waals surface area (Å²) in [5, 5.41) is 12.0. The van der Waals surface area contributed by atoms with Gasteiger partial charge in [-0.3, -0.25) is 4.79 Å². The molecule has 0 amide bonds. The van der Waals surface area contributed by atoms with E-state index in [4.69, 9.17) is 16.1 Å². The second kappa shape index (κ2) is 8.17. The van der Waals surface area contributed by atoms with Gasteiger partial charge in [-0.15, -0.1) is 12.4 Å². The van der Waals surface area contributed by atoms with Gasteiger partial charge < -0.3 is 14.8 Å². The molecule has 0 radical (unpaired) electrons. The van der Waals surface area contributed by atoms with Crippen LogP contribution in [0.1, 0.15) is 24.5 Å². The molecule has 156 valence electrons. The Kier molecular flexibility index (Phi) is 5.59. The lowest BCUT2D eigenvalue weighted by molar-refractivity contribution is 0.432. The average Bonchev–Trinajstić information content (AvgIpc) is 3.37. The highest BCUT2D eigenvalue weighted by Gasteiger charge is 2.23. The first-order valence-corrected chi connectivity index (χ1v) is 9.59. The second-order valence-electron chi connectivity index (χ2n) is 6.95. The fraction of sp³-hybridized carbons (Fsp3) is 0.263. The zero-order chi connectivity index (χ0) is 20.0. The van der Waals surface area contributed by atoms with Crippen molar-refractivity contribution in [3.05, 3.63) is 57.3 Å². The Labute approximate surface area is 180 Å². The van der Waals surface area contributed by atoms with Gasteiger partial charge in [-0.25, -0.2) is 8.91 Å². The predicted octanol–water partition coefficient (Wildman–Crippen LogP) is 3.42. The summed E-state index contributed by atoms with van der Waals surface area (Å²) in [6.45, 7) is 1.79. The molecule has 1 aromatic carbocycles. The van der Waals surface area contributed by atoms with Crippen molar-refractivity contribution >= 4 is 29.7 Å². The number of nitrogens with zero attached hydrogens (tertiary/aromatic N) is 4. The fourth-order valence-electron chi connectivity index (χ4n) is 3.69. The van der Waals surface area contributed by atoms with Crippen LogP contribution in [0.5, 0.6) is 0 Å². The maximum atomic E-state index is 14.1. The van der Waals surface area contributed by atoms with Gasteiger partial charge in [-0.05, 0) is 44.1 Å². The highest BCUT2D eigenvalue weighted by molar-refractivity contribution is 6.30. The van der Waals surface area contributed by atoms with Crippen molar-refractivity contribution in [2.75, 3.05) is 13.1 Å². The third-order valence-electron chi connectivity index (χ3n) is 5.12. The zero-order valence-corrected chi connectivity index (χ0v) is 17.1. The van der Waals surface area contributed by atoms with Crippen LogP contribution in [0.3, 0.4) is 0 Å². The van der Waals surface area contributed by atoms with E-state index < -0.39 is 5.82 Å². The third kappa shape index (κ3) is 3.60. The molecule has 1 aliphatic rings. The Morgan fingerprint density at radius 1 is 1.20 bits per heavy atom. The molecule has 0 spiro atoms. The monoisotopic (exact) mass is 450 g/mol. The number of benzene rings is 1. The molecule has 5 rings (SSSR count). The molecule has 4 aromatic rings. The summed E-state index contributed by atoms with van der Waals surface area (Å²) in [5.41, 5.74) is 1.69. The van der Waals surface area contributed by atoms with E-state index in [1.807, 2.05) is 0 Å². The number of aromatic amines is 1. The molecule has 1 aliphatic heterocycles. The number of aromatic nitrogens is 5. The number of nitrogens with one attached hydrogen (secondary N) is 2. The molecule has 0 aliphatic carbocycles. The van der Waals surface area contributed by atoms with Crippen LogP contribution < -0.4 is 10.9 Å². The Morgan fingerprint density at radius 2 is 2.00 bits per heavy atom. The molecule has 3 aromatic heterocycles. The molecular formula is C19H17Cl2FN6O2. The second-order valence-corrected chi connectivity index (χ2v) is 7.39. The highest BCUT2D eigenvalue weighted by atomic mass is 35.5. The van der Waals surface area contributed by atoms with Gasteiger partial charge in [-0.1, -0.05) is 16.8 Å². The van der Waals surface area contributed by atoms with Crippen molar-refractivity contribution in [2.45, 2.75) is 18.8 Å². The van der Waals surface area contributed by atoms with Crippen LogP contribution in [0.2, 0.25) is 5.02 Å². The van der Waals surface area contributed by atoms with Gasteiger partial charge in [0.05, 0.1) is 17.5 Å². The first-order valence-electron chi connectivity index (χ1n) is 9.21. The minimum atomic E-state index is -0.511. The van der Waals surface area contributed by atoms with Gasteiger partial charge in [0.2, 0.25) is 5.82 Å². The standard InChI is InChI=1S/C19H16ClFN6O2.ClH/c20-11-1-2-14(21)12(7-11)17-25-19(29-26-17)13-9-23-27-15(8-16(28)24-18(13)27)10-3-5-22-6-4-10;/h1-2,7-10,22H,3-6H2,(H,24,28);1H. The van der Waals surface area contributed by atoms with Crippen LogP contribution in [0, 0.1) is 5.82 Å². The van der Waals surface area contributed by atoms with Crippen LogP contribution >= 0.6 is 24.0 Å². The van der Waals surface area contributed by atoms with Gasteiger partial charge in [0, 0.05) is 17.0 Å². The SMILES string of the molecule is Cl.O=c1cc(C2CCNCC2)n2ncc(-c3nc(-c4cc(Cl)ccc4F)no3)c2[nH]1. The topological polar surface area (TPSA) is 101 Å². The molecule has 11 heteroatoms. The van der Waals surface area contributed by atoms with Crippen LogP contribution in [-0.4, -0.2) is 37.8 Å². The number of hydrogen-bond acceptors (Lipinski definition) is 6. The molecule has 1 fully saturated rings. The molecule has 0 saturated carbocycles. The number of H-pyrrole nitrogens is 1. The van der Waals surface area contributed by atoms with Crippen LogP contribution in [0.15, 0.2) is 39.8 Å². The number of rotatable bonds is 3. The number of hydrogen-bond donors (Lipinski definition) is 2. The molecule has 0 atom stereocenters. The smallest absolute Gasteiger partial charge is 0.263 e. The molecule has 30 heavy (non-hydrogen) atoms. The summed E-state index contributed by atoms with van der Waals surface area (Å²) in [6, 6.07) is 5.70. The van der Waals surface area contributed by atoms with Crippen molar-refractivity contribution in [2.24, 2.45) is 0 Å². The summed E-state index contributed by atoms with van der Waals surface area (Å²) in [4.78, 5) is 19.4. The Balaban J connectivity index is 0.00000218. The van der Waals surface area contributed by atoms with Crippen LogP contribution in [-0.2, 0) is 0 Å². The molecule has 1 saturated heterocycles. The Bertz CT molecular complexity index is 1260. The Hall–Kier alpha value is -2.75. The van der Waals surface area contributed by atoms with Gasteiger partial charge in [-0.2, -0.15) is 10.1 Å². The molecule has 0 unspecified atom stereocenters. The zero-order valence-electron chi connectivity index (χ0n) is 15.6. The maximum Gasteiger partial charge on any atom is 0.263 e. The van der Waals surface area contributed by atoms with E-state index in [0.717, 1.165) is 31.6 Å². The van der Waals surface area contributed by atoms with E-state index in [1.54, 1.807) is 16.8 Å². The van der Waals surface area contributed by atoms with Gasteiger partial charge in [0.15, 0.2) is 0 Å². The molecule has 8 nitrogen and oxygen atoms in total. The van der Waals surface area contributed by atoms with E-state index >= 15 is 0 Å². The number of halogens is 3. The van der Waals surface area contributed by atoms with Gasteiger partial charge in [0.1, 0.15) is 17.0 Å². The first-order chi connectivity index (χ1) is 14.1. The van der Waals surface area contributed by atoms with E-state index in [0.29, 0.717) is 16.2 Å². The molecular weight excluding hydrogens is 434 g/mol. The number of piperidine rings is 1. The maximum absolute atomic E-state index is 14.1. The minimum Gasteiger partial charge on any atom is -0.333 e. The summed E-state index contributed by atoms with van der Waals surface area (Å²) >= 11 is 5.95. The van der Waals surface area contributed by atoms with E-state index in [-0.39, 0.29) is 41.2 Å². The molecule has 4 heterocycles. The van der Waals surface area contributed by atoms with Gasteiger partial charge in [0.25, 0.3) is 11.4 Å². The summed E-state index contributed by atoms with van der Waals surface area (Å²) < 4.78 is 21.2. The quantitative estimate of drug-likeness (QED) is 0.495. The summed E-state index contributed by atoms with van der Waals surface area (Å²) in [5.74, 6) is -0.0838. The highest BCUT2D eigenvalue weighted by Crippen LogP contribution is 2.30. The molecule has 2 N–H and O–H groups in total. The Morgan fingerprint density at radius 3 is 2.80 bits per heavy atom. The van der Waals surface area contributed by atoms with E-state index in [1.165, 1.54) is 18.2 Å². The predicted molar refractivity (Wildman–Crippen MR) is 112 cm³/mol. The van der Waals surface area contributed by atoms with Crippen molar-refractivity contribution in [1.82, 2.24) is 30.1 Å². The summed E-state index contributed by atoms with van der Waals surface area (Å²) in [6.07, 6.45) is 3.40. The lowest BCUT2D eigenvalue weighted by Gasteiger charge is -2.23. The van der Waals surface area contributed by atoms with Crippen LogP contribution in [0.25, 0.3) is 28.5 Å². The average molecular weight is 451 g/mol. The molecule has 0 bridgehead atoms. The minimum absolute atomic E-state index is 0. The summed E-state index contributed by atoms with van der Waals surface area (Å²) in [7, 11) is 0. The van der Waals surface area contributed by atoms with Crippen LogP contribution in [0.4, 0.5) is 4.39 Å². The van der Waals surface area contributed by atoms with Crippen molar-refractivity contribution < 1.29 is 8.91 Å². The fourth-order valence-corrected chi connectivity index (χ4v) is 3.86. The first kappa shape index (κ1) is 20.5.